The Kier molecular flexibility index (Phi) is 4.05. The maximum Gasteiger partial charge on any atom is 0.280 e. The SMILES string of the molecule is O=Cc1ccc(C=CCS)cc1[N+](=O)[O-]. The van der Waals surface area contributed by atoms with Crippen molar-refractivity contribution in [2.45, 2.75) is 0 Å². The summed E-state index contributed by atoms with van der Waals surface area (Å²) in [6, 6.07) is 4.45. The molecule has 1 aromatic carbocycles. The van der Waals surface area contributed by atoms with Crippen LogP contribution in [0.25, 0.3) is 6.08 Å². The molecule has 4 nitrogen and oxygen atoms in total. The van der Waals surface area contributed by atoms with Crippen molar-refractivity contribution in [1.82, 2.24) is 0 Å². The summed E-state index contributed by atoms with van der Waals surface area (Å²) in [5.74, 6) is 0.559. The Bertz CT molecular complexity index is 415. The fourth-order valence-corrected chi connectivity index (χ4v) is 1.22. The Balaban J connectivity index is 3.15. The quantitative estimate of drug-likeness (QED) is 0.369. The zero-order valence-corrected chi connectivity index (χ0v) is 8.68. The van der Waals surface area contributed by atoms with Gasteiger partial charge in [-0.1, -0.05) is 18.2 Å². The molecule has 0 radical (unpaired) electrons. The van der Waals surface area contributed by atoms with E-state index in [-0.39, 0.29) is 11.3 Å². The van der Waals surface area contributed by atoms with Gasteiger partial charge in [0.15, 0.2) is 6.29 Å². The second-order valence-corrected chi connectivity index (χ2v) is 3.14. The Morgan fingerprint density at radius 2 is 2.20 bits per heavy atom. The number of hydrogen-bond donors (Lipinski definition) is 1. The predicted octanol–water partition coefficient (Wildman–Crippen LogP) is 2.35. The van der Waals surface area contributed by atoms with Crippen LogP contribution in [0.1, 0.15) is 15.9 Å². The van der Waals surface area contributed by atoms with Gasteiger partial charge in [0.25, 0.3) is 5.69 Å². The molecule has 1 rings (SSSR count). The van der Waals surface area contributed by atoms with E-state index in [0.717, 1.165) is 0 Å². The molecule has 0 aliphatic heterocycles. The van der Waals surface area contributed by atoms with Gasteiger partial charge in [0.05, 0.1) is 10.5 Å². The van der Waals surface area contributed by atoms with E-state index in [1.54, 1.807) is 18.2 Å². The van der Waals surface area contributed by atoms with Crippen LogP contribution in [0.3, 0.4) is 0 Å². The minimum atomic E-state index is -0.568. The van der Waals surface area contributed by atoms with Crippen LogP contribution in [-0.4, -0.2) is 17.0 Å². The van der Waals surface area contributed by atoms with E-state index in [9.17, 15) is 14.9 Å². The molecule has 0 saturated carbocycles. The first-order chi connectivity index (χ1) is 7.19. The van der Waals surface area contributed by atoms with E-state index in [2.05, 4.69) is 12.6 Å². The number of hydrogen-bond acceptors (Lipinski definition) is 4. The number of nitro benzene ring substituents is 1. The highest BCUT2D eigenvalue weighted by molar-refractivity contribution is 7.80. The highest BCUT2D eigenvalue weighted by atomic mass is 32.1. The number of thiol groups is 1. The van der Waals surface area contributed by atoms with Crippen LogP contribution in [0.4, 0.5) is 5.69 Å². The Morgan fingerprint density at radius 1 is 1.47 bits per heavy atom. The van der Waals surface area contributed by atoms with Gasteiger partial charge in [0.2, 0.25) is 0 Å². The Labute approximate surface area is 92.2 Å². The maximum atomic E-state index is 10.6. The Hall–Kier alpha value is -1.62. The van der Waals surface area contributed by atoms with E-state index in [1.165, 1.54) is 12.1 Å². The molecule has 0 atom stereocenters. The summed E-state index contributed by atoms with van der Waals surface area (Å²) in [7, 11) is 0. The summed E-state index contributed by atoms with van der Waals surface area (Å²) >= 11 is 3.98. The molecule has 0 unspecified atom stereocenters. The molecule has 1 aromatic rings. The van der Waals surface area contributed by atoms with E-state index >= 15 is 0 Å². The molecule has 0 aliphatic carbocycles. The van der Waals surface area contributed by atoms with Crippen molar-refractivity contribution in [2.75, 3.05) is 5.75 Å². The molecular formula is C10H9NO3S. The molecule has 0 aliphatic rings. The van der Waals surface area contributed by atoms with Gasteiger partial charge in [-0.05, 0) is 11.6 Å². The smallest absolute Gasteiger partial charge is 0.280 e. The van der Waals surface area contributed by atoms with Crippen LogP contribution in [0, 0.1) is 10.1 Å². The van der Waals surface area contributed by atoms with E-state index in [4.69, 9.17) is 0 Å². The van der Waals surface area contributed by atoms with E-state index in [0.29, 0.717) is 17.6 Å². The lowest BCUT2D eigenvalue weighted by molar-refractivity contribution is -0.385. The third-order valence-electron chi connectivity index (χ3n) is 1.79. The van der Waals surface area contributed by atoms with Crippen molar-refractivity contribution in [3.05, 3.63) is 45.5 Å². The van der Waals surface area contributed by atoms with Gasteiger partial charge in [0, 0.05) is 11.8 Å². The molecule has 78 valence electrons. The minimum absolute atomic E-state index is 0.0861. The lowest BCUT2D eigenvalue weighted by Gasteiger charge is -1.97. The molecule has 0 N–H and O–H groups in total. The first-order valence-electron chi connectivity index (χ1n) is 4.20. The van der Waals surface area contributed by atoms with Crippen molar-refractivity contribution in [1.29, 1.82) is 0 Å². The van der Waals surface area contributed by atoms with Gasteiger partial charge < -0.3 is 0 Å². The maximum absolute atomic E-state index is 10.6. The number of benzene rings is 1. The molecule has 0 aromatic heterocycles. The highest BCUT2D eigenvalue weighted by Gasteiger charge is 2.12. The molecule has 0 saturated heterocycles. The average Bonchev–Trinajstić information content (AvgIpc) is 2.25. The van der Waals surface area contributed by atoms with Gasteiger partial charge in [0.1, 0.15) is 0 Å². The lowest BCUT2D eigenvalue weighted by Crippen LogP contribution is -1.94. The van der Waals surface area contributed by atoms with Crippen LogP contribution in [0.2, 0.25) is 0 Å². The van der Waals surface area contributed by atoms with Crippen LogP contribution in [0.5, 0.6) is 0 Å². The number of nitro groups is 1. The molecule has 0 amide bonds. The van der Waals surface area contributed by atoms with Crippen LogP contribution < -0.4 is 0 Å². The molecule has 15 heavy (non-hydrogen) atoms. The fraction of sp³-hybridized carbons (Fsp3) is 0.100. The topological polar surface area (TPSA) is 60.2 Å². The van der Waals surface area contributed by atoms with Crippen molar-refractivity contribution >= 4 is 30.7 Å². The molecule has 5 heteroatoms. The summed E-state index contributed by atoms with van der Waals surface area (Å²) in [5, 5.41) is 10.6. The third kappa shape index (κ3) is 2.92. The van der Waals surface area contributed by atoms with Gasteiger partial charge >= 0.3 is 0 Å². The normalized spacial score (nSPS) is 10.5. The van der Waals surface area contributed by atoms with Gasteiger partial charge in [-0.25, -0.2) is 0 Å². The summed E-state index contributed by atoms with van der Waals surface area (Å²) in [6.07, 6.45) is 3.96. The van der Waals surface area contributed by atoms with Crippen molar-refractivity contribution in [3.8, 4) is 0 Å². The third-order valence-corrected chi connectivity index (χ3v) is 2.00. The molecule has 0 fully saturated rings. The summed E-state index contributed by atoms with van der Waals surface area (Å²) in [6.45, 7) is 0. The van der Waals surface area contributed by atoms with Crippen LogP contribution in [0.15, 0.2) is 24.3 Å². The minimum Gasteiger partial charge on any atom is -0.298 e. The fourth-order valence-electron chi connectivity index (χ4n) is 1.11. The number of nitrogens with zero attached hydrogens (tertiary/aromatic N) is 1. The van der Waals surface area contributed by atoms with E-state index in [1.807, 2.05) is 0 Å². The van der Waals surface area contributed by atoms with Crippen molar-refractivity contribution in [2.24, 2.45) is 0 Å². The van der Waals surface area contributed by atoms with Crippen LogP contribution >= 0.6 is 12.6 Å². The lowest BCUT2D eigenvalue weighted by atomic mass is 10.1. The summed E-state index contributed by atoms with van der Waals surface area (Å²) in [4.78, 5) is 20.6. The van der Waals surface area contributed by atoms with Crippen LogP contribution in [-0.2, 0) is 0 Å². The first-order valence-corrected chi connectivity index (χ1v) is 4.83. The summed E-state index contributed by atoms with van der Waals surface area (Å²) < 4.78 is 0. The first kappa shape index (κ1) is 11.5. The average molecular weight is 223 g/mol. The van der Waals surface area contributed by atoms with E-state index < -0.39 is 4.92 Å². The van der Waals surface area contributed by atoms with Gasteiger partial charge in [-0.3, -0.25) is 14.9 Å². The van der Waals surface area contributed by atoms with Crippen molar-refractivity contribution in [3.63, 3.8) is 0 Å². The van der Waals surface area contributed by atoms with Crippen molar-refractivity contribution < 1.29 is 9.72 Å². The zero-order valence-electron chi connectivity index (χ0n) is 7.79. The number of carbonyl (C=O) groups excluding carboxylic acids is 1. The molecule has 0 spiro atoms. The Morgan fingerprint density at radius 3 is 2.73 bits per heavy atom. The molecule has 0 bridgehead atoms. The highest BCUT2D eigenvalue weighted by Crippen LogP contribution is 2.19. The zero-order chi connectivity index (χ0) is 11.3. The monoisotopic (exact) mass is 223 g/mol. The summed E-state index contributed by atoms with van der Waals surface area (Å²) in [5.41, 5.74) is 0.593. The number of rotatable bonds is 4. The van der Waals surface area contributed by atoms with Gasteiger partial charge in [-0.2, -0.15) is 12.6 Å². The largest absolute Gasteiger partial charge is 0.298 e. The predicted molar refractivity (Wildman–Crippen MR) is 61.4 cm³/mol. The second kappa shape index (κ2) is 5.31. The number of aldehydes is 1. The molecule has 0 heterocycles. The number of carbonyl (C=O) groups is 1. The standard InChI is InChI=1S/C10H9NO3S/c12-7-9-4-3-8(2-1-5-15)6-10(9)11(13)14/h1-4,6-7,15H,5H2. The molecular weight excluding hydrogens is 214 g/mol. The van der Waals surface area contributed by atoms with Gasteiger partial charge in [-0.15, -0.1) is 0 Å². The second-order valence-electron chi connectivity index (χ2n) is 2.78.